The standard InChI is InChI=1S/C13H17N3O5S/c1-19-11-6-9-10(7-12(11)20-2)14-8-15-13(9)21-5-3-4-16-22(17)18/h6-8,16H,3-5H2,1-2H3,(H,17,18)/p-1. The molecule has 0 saturated carbocycles. The van der Waals surface area contributed by atoms with Gasteiger partial charge in [0.2, 0.25) is 5.88 Å². The van der Waals surface area contributed by atoms with E-state index in [2.05, 4.69) is 14.7 Å². The number of fused-ring (bicyclic) bond motifs is 1. The third-order valence-corrected chi connectivity index (χ3v) is 3.32. The molecular formula is C13H16N3O5S-. The van der Waals surface area contributed by atoms with E-state index >= 15 is 0 Å². The fourth-order valence-electron chi connectivity index (χ4n) is 1.87. The summed E-state index contributed by atoms with van der Waals surface area (Å²) in [7, 11) is 3.10. The zero-order chi connectivity index (χ0) is 15.9. The van der Waals surface area contributed by atoms with Gasteiger partial charge >= 0.3 is 0 Å². The lowest BCUT2D eigenvalue weighted by Crippen LogP contribution is -2.19. The summed E-state index contributed by atoms with van der Waals surface area (Å²) in [5, 5.41) is 0.695. The molecular weight excluding hydrogens is 310 g/mol. The minimum atomic E-state index is -2.26. The van der Waals surface area contributed by atoms with Gasteiger partial charge < -0.3 is 18.8 Å². The molecule has 1 N–H and O–H groups in total. The average Bonchev–Trinajstić information content (AvgIpc) is 2.53. The molecule has 1 aromatic carbocycles. The minimum absolute atomic E-state index is 0.302. The number of rotatable bonds is 8. The Morgan fingerprint density at radius 1 is 1.23 bits per heavy atom. The van der Waals surface area contributed by atoms with Crippen LogP contribution in [0.4, 0.5) is 0 Å². The highest BCUT2D eigenvalue weighted by molar-refractivity contribution is 7.77. The summed E-state index contributed by atoms with van der Waals surface area (Å²) < 4.78 is 39.0. The third-order valence-electron chi connectivity index (χ3n) is 2.88. The van der Waals surface area contributed by atoms with Crippen LogP contribution in [0.15, 0.2) is 18.5 Å². The number of benzene rings is 1. The lowest BCUT2D eigenvalue weighted by Gasteiger charge is -2.12. The van der Waals surface area contributed by atoms with E-state index in [1.54, 1.807) is 26.4 Å². The molecule has 9 heteroatoms. The second kappa shape index (κ2) is 7.87. The van der Waals surface area contributed by atoms with Crippen molar-refractivity contribution in [2.45, 2.75) is 6.42 Å². The van der Waals surface area contributed by atoms with Crippen LogP contribution in [0, 0.1) is 0 Å². The van der Waals surface area contributed by atoms with E-state index in [1.807, 2.05) is 0 Å². The van der Waals surface area contributed by atoms with Crippen molar-refractivity contribution in [3.63, 3.8) is 0 Å². The Balaban J connectivity index is 2.14. The van der Waals surface area contributed by atoms with Crippen molar-refractivity contribution < 1.29 is 23.0 Å². The third kappa shape index (κ3) is 4.03. The fraction of sp³-hybridized carbons (Fsp3) is 0.385. The van der Waals surface area contributed by atoms with Gasteiger partial charge in [0.1, 0.15) is 6.33 Å². The first-order chi connectivity index (χ1) is 10.7. The Hall–Kier alpha value is -1.97. The first-order valence-electron chi connectivity index (χ1n) is 6.48. The number of nitrogens with zero attached hydrogens (tertiary/aromatic N) is 2. The largest absolute Gasteiger partial charge is 0.760 e. The van der Waals surface area contributed by atoms with Crippen molar-refractivity contribution in [1.29, 1.82) is 0 Å². The number of hydrogen-bond donors (Lipinski definition) is 1. The molecule has 1 atom stereocenters. The van der Waals surface area contributed by atoms with Crippen molar-refractivity contribution >= 4 is 22.2 Å². The molecule has 22 heavy (non-hydrogen) atoms. The van der Waals surface area contributed by atoms with Crippen LogP contribution in [0.2, 0.25) is 0 Å². The molecule has 0 radical (unpaired) electrons. The number of aromatic nitrogens is 2. The van der Waals surface area contributed by atoms with Crippen molar-refractivity contribution in [2.75, 3.05) is 27.4 Å². The van der Waals surface area contributed by atoms with Gasteiger partial charge in [0, 0.05) is 23.9 Å². The Bertz CT molecular complexity index is 667. The lowest BCUT2D eigenvalue weighted by atomic mass is 10.2. The summed E-state index contributed by atoms with van der Waals surface area (Å²) in [6, 6.07) is 3.49. The highest BCUT2D eigenvalue weighted by Gasteiger charge is 2.11. The molecule has 0 bridgehead atoms. The molecule has 2 aromatic rings. The summed E-state index contributed by atoms with van der Waals surface area (Å²) in [5.74, 6) is 1.54. The molecule has 1 heterocycles. The van der Waals surface area contributed by atoms with Crippen molar-refractivity contribution in [3.8, 4) is 17.4 Å². The molecule has 1 aromatic heterocycles. The molecule has 120 valence electrons. The van der Waals surface area contributed by atoms with Gasteiger partial charge in [0.05, 0.1) is 31.7 Å². The maximum absolute atomic E-state index is 10.3. The van der Waals surface area contributed by atoms with E-state index in [4.69, 9.17) is 14.2 Å². The van der Waals surface area contributed by atoms with Crippen LogP contribution in [0.3, 0.4) is 0 Å². The Morgan fingerprint density at radius 3 is 2.64 bits per heavy atom. The first kappa shape index (κ1) is 16.4. The van der Waals surface area contributed by atoms with Gasteiger partial charge in [-0.05, 0) is 12.5 Å². The molecule has 0 aliphatic rings. The summed E-state index contributed by atoms with van der Waals surface area (Å²) in [5.41, 5.74) is 0.668. The van der Waals surface area contributed by atoms with Gasteiger partial charge in [-0.1, -0.05) is 0 Å². The Kier molecular flexibility index (Phi) is 5.87. The van der Waals surface area contributed by atoms with Crippen LogP contribution in [-0.2, 0) is 11.3 Å². The van der Waals surface area contributed by atoms with Gasteiger partial charge in [-0.3, -0.25) is 4.21 Å². The molecule has 8 nitrogen and oxygen atoms in total. The molecule has 0 saturated heterocycles. The van der Waals surface area contributed by atoms with Crippen LogP contribution in [-0.4, -0.2) is 46.1 Å². The van der Waals surface area contributed by atoms with Crippen LogP contribution < -0.4 is 18.9 Å². The van der Waals surface area contributed by atoms with Gasteiger partial charge in [-0.2, -0.15) is 0 Å². The molecule has 2 rings (SSSR count). The van der Waals surface area contributed by atoms with E-state index in [0.717, 1.165) is 0 Å². The van der Waals surface area contributed by atoms with Gasteiger partial charge in [0.15, 0.2) is 11.5 Å². The zero-order valence-corrected chi connectivity index (χ0v) is 13.0. The molecule has 0 amide bonds. The van der Waals surface area contributed by atoms with E-state index in [9.17, 15) is 8.76 Å². The molecule has 0 aliphatic heterocycles. The normalized spacial score (nSPS) is 12.1. The fourth-order valence-corrected chi connectivity index (χ4v) is 2.18. The van der Waals surface area contributed by atoms with Crippen molar-refractivity contribution in [1.82, 2.24) is 14.7 Å². The van der Waals surface area contributed by atoms with E-state index in [1.165, 1.54) is 6.33 Å². The van der Waals surface area contributed by atoms with E-state index < -0.39 is 11.3 Å². The predicted molar refractivity (Wildman–Crippen MR) is 79.7 cm³/mol. The minimum Gasteiger partial charge on any atom is -0.760 e. The molecule has 0 aliphatic carbocycles. The number of hydrogen-bond acceptors (Lipinski definition) is 7. The number of ether oxygens (including phenoxy) is 3. The van der Waals surface area contributed by atoms with E-state index in [-0.39, 0.29) is 0 Å². The van der Waals surface area contributed by atoms with Gasteiger partial charge in [-0.25, -0.2) is 14.7 Å². The van der Waals surface area contributed by atoms with Crippen molar-refractivity contribution in [3.05, 3.63) is 18.5 Å². The van der Waals surface area contributed by atoms with Crippen molar-refractivity contribution in [2.24, 2.45) is 0 Å². The summed E-state index contributed by atoms with van der Waals surface area (Å²) in [6.07, 6.45) is 1.92. The van der Waals surface area contributed by atoms with Crippen LogP contribution in [0.1, 0.15) is 6.42 Å². The maximum atomic E-state index is 10.3. The van der Waals surface area contributed by atoms with Gasteiger partial charge in [-0.15, -0.1) is 0 Å². The van der Waals surface area contributed by atoms with Crippen LogP contribution in [0.25, 0.3) is 10.9 Å². The quantitative estimate of drug-likeness (QED) is 0.565. The lowest BCUT2D eigenvalue weighted by molar-refractivity contribution is 0.303. The molecule has 1 unspecified atom stereocenters. The predicted octanol–water partition coefficient (Wildman–Crippen LogP) is 0.800. The zero-order valence-electron chi connectivity index (χ0n) is 12.2. The summed E-state index contributed by atoms with van der Waals surface area (Å²) >= 11 is -2.26. The molecule has 0 fully saturated rings. The SMILES string of the molecule is COc1cc2ncnc(OCCCNS(=O)[O-])c2cc1OC. The average molecular weight is 326 g/mol. The smallest absolute Gasteiger partial charge is 0.224 e. The summed E-state index contributed by atoms with van der Waals surface area (Å²) in [4.78, 5) is 8.27. The highest BCUT2D eigenvalue weighted by atomic mass is 32.2. The number of methoxy groups -OCH3 is 2. The van der Waals surface area contributed by atoms with Crippen LogP contribution >= 0.6 is 0 Å². The monoisotopic (exact) mass is 326 g/mol. The van der Waals surface area contributed by atoms with E-state index in [0.29, 0.717) is 47.9 Å². The topological polar surface area (TPSA) is 106 Å². The van der Waals surface area contributed by atoms with Gasteiger partial charge in [0.25, 0.3) is 0 Å². The summed E-state index contributed by atoms with van der Waals surface area (Å²) in [6.45, 7) is 0.626. The second-order valence-electron chi connectivity index (χ2n) is 4.23. The van der Waals surface area contributed by atoms with Crippen LogP contribution in [0.5, 0.6) is 17.4 Å². The molecule has 0 spiro atoms. The first-order valence-corrected chi connectivity index (χ1v) is 7.55. The highest BCUT2D eigenvalue weighted by Crippen LogP contribution is 2.34. The Morgan fingerprint density at radius 2 is 1.95 bits per heavy atom. The Labute approximate surface area is 130 Å². The number of nitrogens with one attached hydrogen (secondary N) is 1. The maximum Gasteiger partial charge on any atom is 0.224 e. The second-order valence-corrected chi connectivity index (χ2v) is 4.99.